The van der Waals surface area contributed by atoms with E-state index in [1.807, 2.05) is 33.8 Å². The van der Waals surface area contributed by atoms with Crippen LogP contribution >= 0.6 is 0 Å². The normalized spacial score (nSPS) is 13.3. The van der Waals surface area contributed by atoms with Crippen molar-refractivity contribution in [1.82, 2.24) is 16.0 Å². The topological polar surface area (TPSA) is 65.5 Å². The van der Waals surface area contributed by atoms with Crippen LogP contribution in [0.3, 0.4) is 0 Å². The van der Waals surface area contributed by atoms with Crippen molar-refractivity contribution in [1.29, 1.82) is 0 Å². The lowest BCUT2D eigenvalue weighted by atomic mass is 9.84. The molecule has 1 unspecified atom stereocenters. The summed E-state index contributed by atoms with van der Waals surface area (Å²) in [6.45, 7) is 9.20. The minimum Gasteiger partial charge on any atom is -0.356 e. The van der Waals surface area contributed by atoms with Crippen LogP contribution in [0.15, 0.2) is 29.3 Å². The first-order valence-electron chi connectivity index (χ1n) is 8.78. The summed E-state index contributed by atoms with van der Waals surface area (Å²) in [4.78, 5) is 15.9. The molecule has 0 aliphatic heterocycles. The van der Waals surface area contributed by atoms with Crippen LogP contribution in [0.2, 0.25) is 0 Å². The zero-order valence-corrected chi connectivity index (χ0v) is 15.9. The van der Waals surface area contributed by atoms with E-state index in [0.717, 1.165) is 12.0 Å². The molecule has 0 aliphatic rings. The monoisotopic (exact) mass is 350 g/mol. The van der Waals surface area contributed by atoms with E-state index in [1.54, 1.807) is 19.2 Å². The summed E-state index contributed by atoms with van der Waals surface area (Å²) < 4.78 is 13.4. The van der Waals surface area contributed by atoms with Crippen LogP contribution < -0.4 is 16.0 Å². The van der Waals surface area contributed by atoms with E-state index in [9.17, 15) is 9.18 Å². The van der Waals surface area contributed by atoms with Crippen LogP contribution in [0.4, 0.5) is 4.39 Å². The van der Waals surface area contributed by atoms with E-state index in [2.05, 4.69) is 20.9 Å². The van der Waals surface area contributed by atoms with Gasteiger partial charge in [0.2, 0.25) is 5.91 Å². The second kappa shape index (κ2) is 10.0. The van der Waals surface area contributed by atoms with E-state index >= 15 is 0 Å². The van der Waals surface area contributed by atoms with Gasteiger partial charge in [-0.05, 0) is 31.0 Å². The molecule has 140 valence electrons. The third-order valence-electron chi connectivity index (χ3n) is 4.19. The summed E-state index contributed by atoms with van der Waals surface area (Å²) in [5.41, 5.74) is 0.664. The van der Waals surface area contributed by atoms with Crippen molar-refractivity contribution >= 4 is 11.9 Å². The molecule has 0 bridgehead atoms. The zero-order chi connectivity index (χ0) is 18.9. The Labute approximate surface area is 150 Å². The molecule has 6 heteroatoms. The van der Waals surface area contributed by atoms with Gasteiger partial charge in [-0.1, -0.05) is 32.9 Å². The van der Waals surface area contributed by atoms with E-state index in [4.69, 9.17) is 0 Å². The molecule has 0 aliphatic carbocycles. The minimum atomic E-state index is -0.256. The SMILES string of the molecule is CCC(C)NC(=O)CCNC(=NC)NCC(C)(C)c1cccc(F)c1. The molecule has 1 rings (SSSR count). The van der Waals surface area contributed by atoms with Gasteiger partial charge in [0, 0.05) is 38.0 Å². The molecule has 0 heterocycles. The number of halogens is 1. The van der Waals surface area contributed by atoms with Crippen LogP contribution in [-0.2, 0) is 10.2 Å². The molecular weight excluding hydrogens is 319 g/mol. The number of guanidine groups is 1. The van der Waals surface area contributed by atoms with Gasteiger partial charge in [0.1, 0.15) is 5.82 Å². The van der Waals surface area contributed by atoms with Gasteiger partial charge in [0.05, 0.1) is 0 Å². The number of aliphatic imine (C=N–C) groups is 1. The first-order valence-corrected chi connectivity index (χ1v) is 8.78. The number of hydrogen-bond acceptors (Lipinski definition) is 2. The third kappa shape index (κ3) is 7.54. The molecule has 0 aromatic heterocycles. The summed E-state index contributed by atoms with van der Waals surface area (Å²) in [6.07, 6.45) is 1.30. The van der Waals surface area contributed by atoms with Crippen LogP contribution in [0, 0.1) is 5.82 Å². The average molecular weight is 350 g/mol. The van der Waals surface area contributed by atoms with Crippen molar-refractivity contribution in [2.24, 2.45) is 4.99 Å². The summed E-state index contributed by atoms with van der Waals surface area (Å²) in [5, 5.41) is 9.30. The highest BCUT2D eigenvalue weighted by molar-refractivity contribution is 5.81. The van der Waals surface area contributed by atoms with Gasteiger partial charge in [0.15, 0.2) is 5.96 Å². The fourth-order valence-corrected chi connectivity index (χ4v) is 2.28. The minimum absolute atomic E-state index is 0.0254. The summed E-state index contributed by atoms with van der Waals surface area (Å²) >= 11 is 0. The Morgan fingerprint density at radius 3 is 2.64 bits per heavy atom. The Morgan fingerprint density at radius 1 is 1.32 bits per heavy atom. The van der Waals surface area contributed by atoms with Crippen molar-refractivity contribution in [3.8, 4) is 0 Å². The van der Waals surface area contributed by atoms with Gasteiger partial charge >= 0.3 is 0 Å². The molecular formula is C19H31FN4O. The van der Waals surface area contributed by atoms with Gasteiger partial charge in [-0.25, -0.2) is 4.39 Å². The predicted octanol–water partition coefficient (Wildman–Crippen LogP) is 2.57. The van der Waals surface area contributed by atoms with Crippen molar-refractivity contribution < 1.29 is 9.18 Å². The standard InChI is InChI=1S/C19H31FN4O/c1-6-14(2)24-17(25)10-11-22-18(21-5)23-13-19(3,4)15-8-7-9-16(20)12-15/h7-9,12,14H,6,10-11,13H2,1-5H3,(H,24,25)(H2,21,22,23). The number of hydrogen-bond donors (Lipinski definition) is 3. The van der Waals surface area contributed by atoms with Crippen molar-refractivity contribution in [3.05, 3.63) is 35.6 Å². The van der Waals surface area contributed by atoms with E-state index in [0.29, 0.717) is 25.5 Å². The molecule has 0 fully saturated rings. The Morgan fingerprint density at radius 2 is 2.04 bits per heavy atom. The molecule has 0 radical (unpaired) electrons. The maximum Gasteiger partial charge on any atom is 0.221 e. The van der Waals surface area contributed by atoms with Gasteiger partial charge in [-0.3, -0.25) is 9.79 Å². The Kier molecular flexibility index (Phi) is 8.38. The third-order valence-corrected chi connectivity index (χ3v) is 4.19. The molecule has 0 saturated heterocycles. The number of nitrogens with one attached hydrogen (secondary N) is 3. The Bertz CT molecular complexity index is 587. The van der Waals surface area contributed by atoms with Crippen molar-refractivity contribution in [2.45, 2.75) is 52.0 Å². The van der Waals surface area contributed by atoms with E-state index in [1.165, 1.54) is 6.07 Å². The van der Waals surface area contributed by atoms with Crippen LogP contribution in [0.5, 0.6) is 0 Å². The Balaban J connectivity index is 2.45. The molecule has 1 atom stereocenters. The molecule has 5 nitrogen and oxygen atoms in total. The van der Waals surface area contributed by atoms with Gasteiger partial charge < -0.3 is 16.0 Å². The number of rotatable bonds is 8. The number of amides is 1. The van der Waals surface area contributed by atoms with Crippen molar-refractivity contribution in [2.75, 3.05) is 20.1 Å². The lowest BCUT2D eigenvalue weighted by Gasteiger charge is -2.27. The lowest BCUT2D eigenvalue weighted by Crippen LogP contribution is -2.44. The Hall–Kier alpha value is -2.11. The number of nitrogens with zero attached hydrogens (tertiary/aromatic N) is 1. The molecule has 1 aromatic carbocycles. The molecule has 1 aromatic rings. The van der Waals surface area contributed by atoms with Crippen LogP contribution in [0.1, 0.15) is 46.1 Å². The van der Waals surface area contributed by atoms with Crippen LogP contribution in [0.25, 0.3) is 0 Å². The van der Waals surface area contributed by atoms with Crippen LogP contribution in [-0.4, -0.2) is 38.0 Å². The van der Waals surface area contributed by atoms with Crippen molar-refractivity contribution in [3.63, 3.8) is 0 Å². The highest BCUT2D eigenvalue weighted by Crippen LogP contribution is 2.22. The van der Waals surface area contributed by atoms with E-state index < -0.39 is 0 Å². The van der Waals surface area contributed by atoms with Gasteiger partial charge in [-0.15, -0.1) is 0 Å². The maximum absolute atomic E-state index is 13.4. The molecule has 25 heavy (non-hydrogen) atoms. The lowest BCUT2D eigenvalue weighted by molar-refractivity contribution is -0.121. The summed E-state index contributed by atoms with van der Waals surface area (Å²) in [5.74, 6) is 0.415. The van der Waals surface area contributed by atoms with Gasteiger partial charge in [-0.2, -0.15) is 0 Å². The predicted molar refractivity (Wildman–Crippen MR) is 101 cm³/mol. The largest absolute Gasteiger partial charge is 0.356 e. The van der Waals surface area contributed by atoms with Gasteiger partial charge in [0.25, 0.3) is 0 Å². The zero-order valence-electron chi connectivity index (χ0n) is 15.9. The molecule has 1 amide bonds. The highest BCUT2D eigenvalue weighted by atomic mass is 19.1. The average Bonchev–Trinajstić information content (AvgIpc) is 2.57. The molecule has 0 saturated carbocycles. The quantitative estimate of drug-likeness (QED) is 0.499. The number of carbonyl (C=O) groups excluding carboxylic acids is 1. The summed E-state index contributed by atoms with van der Waals surface area (Å²) in [7, 11) is 1.68. The highest BCUT2D eigenvalue weighted by Gasteiger charge is 2.21. The first-order chi connectivity index (χ1) is 11.8. The first kappa shape index (κ1) is 20.9. The molecule has 0 spiro atoms. The molecule has 3 N–H and O–H groups in total. The van der Waals surface area contributed by atoms with E-state index in [-0.39, 0.29) is 23.2 Å². The second-order valence-electron chi connectivity index (χ2n) is 6.87. The number of carbonyl (C=O) groups is 1. The maximum atomic E-state index is 13.4. The fraction of sp³-hybridized carbons (Fsp3) is 0.579. The fourth-order valence-electron chi connectivity index (χ4n) is 2.28. The smallest absolute Gasteiger partial charge is 0.221 e. The number of benzene rings is 1. The second-order valence-corrected chi connectivity index (χ2v) is 6.87. The summed E-state index contributed by atoms with van der Waals surface area (Å²) in [6, 6.07) is 6.82.